The lowest BCUT2D eigenvalue weighted by molar-refractivity contribution is -0.133. The van der Waals surface area contributed by atoms with E-state index in [0.717, 1.165) is 30.7 Å². The third-order valence-corrected chi connectivity index (χ3v) is 4.69. The van der Waals surface area contributed by atoms with Crippen molar-refractivity contribution >= 4 is 42.1 Å². The molecule has 8 heteroatoms. The fourth-order valence-electron chi connectivity index (χ4n) is 2.73. The van der Waals surface area contributed by atoms with Crippen LogP contribution in [0.3, 0.4) is 0 Å². The molecule has 1 unspecified atom stereocenters. The Labute approximate surface area is 152 Å². The van der Waals surface area contributed by atoms with Crippen LogP contribution in [0.2, 0.25) is 0 Å². The average molecular weight is 378 g/mol. The Bertz CT molecular complexity index is 604. The fraction of sp³-hybridized carbons (Fsp3) is 0.467. The zero-order valence-corrected chi connectivity index (χ0v) is 15.1. The summed E-state index contributed by atoms with van der Waals surface area (Å²) < 4.78 is 5.45. The number of nitrogens with zero attached hydrogens (tertiary/aromatic N) is 2. The van der Waals surface area contributed by atoms with E-state index in [2.05, 4.69) is 4.98 Å². The molecule has 3 rings (SSSR count). The van der Waals surface area contributed by atoms with Crippen LogP contribution in [0.25, 0.3) is 10.8 Å². The number of aromatic nitrogens is 1. The van der Waals surface area contributed by atoms with E-state index in [0.29, 0.717) is 18.1 Å². The second-order valence-corrected chi connectivity index (χ2v) is 6.22. The highest BCUT2D eigenvalue weighted by molar-refractivity contribution is 7.13. The second kappa shape index (κ2) is 9.27. The van der Waals surface area contributed by atoms with Gasteiger partial charge in [-0.2, -0.15) is 0 Å². The molecule has 128 valence electrons. The van der Waals surface area contributed by atoms with Gasteiger partial charge in [0.15, 0.2) is 0 Å². The molecule has 0 bridgehead atoms. The van der Waals surface area contributed by atoms with Crippen molar-refractivity contribution in [2.45, 2.75) is 31.7 Å². The Morgan fingerprint density at radius 2 is 2.26 bits per heavy atom. The van der Waals surface area contributed by atoms with Gasteiger partial charge in [-0.15, -0.1) is 36.2 Å². The minimum absolute atomic E-state index is 0. The first kappa shape index (κ1) is 20.0. The number of rotatable bonds is 4. The van der Waals surface area contributed by atoms with E-state index >= 15 is 0 Å². The van der Waals surface area contributed by atoms with E-state index in [4.69, 9.17) is 10.2 Å². The molecule has 5 nitrogen and oxygen atoms in total. The Morgan fingerprint density at radius 3 is 2.96 bits per heavy atom. The van der Waals surface area contributed by atoms with Crippen molar-refractivity contribution in [1.82, 2.24) is 9.88 Å². The van der Waals surface area contributed by atoms with Crippen LogP contribution in [0.1, 0.15) is 25.0 Å². The molecule has 2 aromatic heterocycles. The Kier molecular flexibility index (Phi) is 8.05. The number of thiophene rings is 1. The van der Waals surface area contributed by atoms with Crippen LogP contribution in [0.15, 0.2) is 28.2 Å². The van der Waals surface area contributed by atoms with Gasteiger partial charge in [0.05, 0.1) is 17.0 Å². The molecular formula is C15H21Cl2N3O2S. The van der Waals surface area contributed by atoms with Crippen LogP contribution < -0.4 is 5.73 Å². The number of hydrogen-bond acceptors (Lipinski definition) is 5. The zero-order valence-electron chi connectivity index (χ0n) is 12.6. The maximum atomic E-state index is 12.4. The fourth-order valence-corrected chi connectivity index (χ4v) is 3.39. The molecule has 2 N–H and O–H groups in total. The van der Waals surface area contributed by atoms with Crippen molar-refractivity contribution in [3.63, 3.8) is 0 Å². The molecule has 3 heterocycles. The minimum Gasteiger partial charge on any atom is -0.444 e. The number of hydrogen-bond donors (Lipinski definition) is 1. The first-order chi connectivity index (χ1) is 10.3. The Balaban J connectivity index is 0.00000132. The van der Waals surface area contributed by atoms with Crippen LogP contribution in [-0.4, -0.2) is 34.9 Å². The number of nitrogens with two attached hydrogens (primary N) is 1. The van der Waals surface area contributed by atoms with Gasteiger partial charge in [0.2, 0.25) is 11.8 Å². The van der Waals surface area contributed by atoms with Crippen molar-refractivity contribution in [3.05, 3.63) is 29.5 Å². The van der Waals surface area contributed by atoms with Crippen molar-refractivity contribution in [3.8, 4) is 10.8 Å². The lowest BCUT2D eigenvalue weighted by Gasteiger charge is -2.35. The highest BCUT2D eigenvalue weighted by Crippen LogP contribution is 2.24. The van der Waals surface area contributed by atoms with E-state index in [1.54, 1.807) is 17.6 Å². The van der Waals surface area contributed by atoms with Crippen LogP contribution in [0, 0.1) is 0 Å². The summed E-state index contributed by atoms with van der Waals surface area (Å²) in [5.74, 6) is 0.679. The molecule has 2 aromatic rings. The molecule has 1 aliphatic rings. The summed E-state index contributed by atoms with van der Waals surface area (Å²) in [5.41, 5.74) is 6.45. The zero-order chi connectivity index (χ0) is 14.7. The van der Waals surface area contributed by atoms with Gasteiger partial charge in [-0.25, -0.2) is 4.98 Å². The number of halogens is 2. The van der Waals surface area contributed by atoms with E-state index in [1.807, 2.05) is 22.4 Å². The van der Waals surface area contributed by atoms with Crippen LogP contribution in [0.5, 0.6) is 0 Å². The Morgan fingerprint density at radius 1 is 1.43 bits per heavy atom. The van der Waals surface area contributed by atoms with Gasteiger partial charge in [-0.3, -0.25) is 4.79 Å². The molecule has 1 aliphatic heterocycles. The lowest BCUT2D eigenvalue weighted by Crippen LogP contribution is -2.48. The summed E-state index contributed by atoms with van der Waals surface area (Å²) in [4.78, 5) is 19.7. The quantitative estimate of drug-likeness (QED) is 0.887. The molecule has 1 atom stereocenters. The number of likely N-dealkylation sites (tertiary alicyclic amines) is 1. The molecule has 0 aliphatic carbocycles. The van der Waals surface area contributed by atoms with Crippen molar-refractivity contribution in [2.24, 2.45) is 5.73 Å². The summed E-state index contributed by atoms with van der Waals surface area (Å²) in [6.07, 6.45) is 5.07. The highest BCUT2D eigenvalue weighted by atomic mass is 35.5. The summed E-state index contributed by atoms with van der Waals surface area (Å²) in [6, 6.07) is 4.08. The van der Waals surface area contributed by atoms with Crippen LogP contribution >= 0.6 is 36.2 Å². The van der Waals surface area contributed by atoms with Gasteiger partial charge in [0.25, 0.3) is 0 Å². The second-order valence-electron chi connectivity index (χ2n) is 5.27. The molecule has 1 amide bonds. The van der Waals surface area contributed by atoms with Crippen LogP contribution in [-0.2, 0) is 11.2 Å². The summed E-state index contributed by atoms with van der Waals surface area (Å²) in [7, 11) is 0. The van der Waals surface area contributed by atoms with Gasteiger partial charge < -0.3 is 15.1 Å². The van der Waals surface area contributed by atoms with E-state index in [9.17, 15) is 4.79 Å². The lowest BCUT2D eigenvalue weighted by atomic mass is 10.0. The first-order valence-electron chi connectivity index (χ1n) is 7.25. The standard InChI is InChI=1S/C15H19N3O2S.2ClH/c16-9-12-4-1-2-6-18(12)14(19)8-11-10-20-15(17-11)13-5-3-7-21-13;;/h3,5,7,10,12H,1-2,4,6,8-9,16H2;2*1H. The predicted molar refractivity (Wildman–Crippen MR) is 96.4 cm³/mol. The van der Waals surface area contributed by atoms with E-state index in [-0.39, 0.29) is 43.2 Å². The summed E-state index contributed by atoms with van der Waals surface area (Å²) in [5, 5.41) is 1.98. The number of carbonyl (C=O) groups excluding carboxylic acids is 1. The number of piperidine rings is 1. The molecule has 0 aromatic carbocycles. The van der Waals surface area contributed by atoms with Crippen molar-refractivity contribution in [1.29, 1.82) is 0 Å². The largest absolute Gasteiger partial charge is 0.444 e. The molecule has 0 radical (unpaired) electrons. The molecule has 1 saturated heterocycles. The molecular weight excluding hydrogens is 357 g/mol. The molecule has 0 spiro atoms. The molecule has 1 fully saturated rings. The maximum Gasteiger partial charge on any atom is 0.236 e. The number of carbonyl (C=O) groups is 1. The highest BCUT2D eigenvalue weighted by Gasteiger charge is 2.26. The third-order valence-electron chi connectivity index (χ3n) is 3.84. The van der Waals surface area contributed by atoms with Gasteiger partial charge >= 0.3 is 0 Å². The van der Waals surface area contributed by atoms with Gasteiger partial charge in [0.1, 0.15) is 6.26 Å². The van der Waals surface area contributed by atoms with Crippen molar-refractivity contribution < 1.29 is 9.21 Å². The predicted octanol–water partition coefficient (Wildman–Crippen LogP) is 3.13. The summed E-state index contributed by atoms with van der Waals surface area (Å²) >= 11 is 1.57. The van der Waals surface area contributed by atoms with Gasteiger partial charge in [-0.05, 0) is 30.7 Å². The SMILES string of the molecule is Cl.Cl.NCC1CCCCN1C(=O)Cc1coc(-c2cccs2)n1. The van der Waals surface area contributed by atoms with Gasteiger partial charge in [-0.1, -0.05) is 6.07 Å². The monoisotopic (exact) mass is 377 g/mol. The van der Waals surface area contributed by atoms with Crippen LogP contribution in [0.4, 0.5) is 0 Å². The smallest absolute Gasteiger partial charge is 0.236 e. The normalized spacial score (nSPS) is 17.3. The topological polar surface area (TPSA) is 72.4 Å². The minimum atomic E-state index is 0. The molecule has 23 heavy (non-hydrogen) atoms. The number of amides is 1. The van der Waals surface area contributed by atoms with Gasteiger partial charge in [0, 0.05) is 19.1 Å². The maximum absolute atomic E-state index is 12.4. The molecule has 0 saturated carbocycles. The van der Waals surface area contributed by atoms with Crippen molar-refractivity contribution in [2.75, 3.05) is 13.1 Å². The number of oxazole rings is 1. The summed E-state index contributed by atoms with van der Waals surface area (Å²) in [6.45, 7) is 1.33. The average Bonchev–Trinajstić information content (AvgIpc) is 3.17. The third kappa shape index (κ3) is 4.70. The van der Waals surface area contributed by atoms with E-state index < -0.39 is 0 Å². The Hall–Kier alpha value is -1.08. The first-order valence-corrected chi connectivity index (χ1v) is 8.13. The van der Waals surface area contributed by atoms with E-state index in [1.165, 1.54) is 0 Å².